The molecule has 3 rings (SSSR count). The van der Waals surface area contributed by atoms with Crippen LogP contribution in [0.5, 0.6) is 5.75 Å². The van der Waals surface area contributed by atoms with Gasteiger partial charge in [-0.25, -0.2) is 4.39 Å². The molecule has 0 fully saturated rings. The van der Waals surface area contributed by atoms with Gasteiger partial charge in [0.05, 0.1) is 0 Å². The van der Waals surface area contributed by atoms with Crippen molar-refractivity contribution in [2.24, 2.45) is 0 Å². The van der Waals surface area contributed by atoms with Crippen LogP contribution in [-0.2, 0) is 6.61 Å². The molecule has 0 saturated heterocycles. The lowest BCUT2D eigenvalue weighted by atomic mass is 10.1. The molecule has 20 heavy (non-hydrogen) atoms. The molecule has 0 N–H and O–H groups in total. The van der Waals surface area contributed by atoms with Crippen molar-refractivity contribution in [1.82, 2.24) is 0 Å². The van der Waals surface area contributed by atoms with Crippen LogP contribution < -0.4 is 4.74 Å². The fourth-order valence-corrected chi connectivity index (χ4v) is 2.69. The van der Waals surface area contributed by atoms with Crippen LogP contribution in [0.1, 0.15) is 5.56 Å². The third kappa shape index (κ3) is 2.83. The number of rotatable bonds is 3. The predicted molar refractivity (Wildman–Crippen MR) is 82.4 cm³/mol. The molecule has 0 bridgehead atoms. The average Bonchev–Trinajstić information content (AvgIpc) is 2.44. The number of hydrogen-bond donors (Lipinski definition) is 0. The molecule has 0 radical (unpaired) electrons. The molecule has 0 aromatic heterocycles. The monoisotopic (exact) mass is 330 g/mol. The molecule has 3 aromatic carbocycles. The Bertz CT molecular complexity index is 729. The first-order valence-corrected chi connectivity index (χ1v) is 7.07. The summed E-state index contributed by atoms with van der Waals surface area (Å²) in [5, 5.41) is 2.19. The first-order valence-electron chi connectivity index (χ1n) is 6.28. The van der Waals surface area contributed by atoms with E-state index in [-0.39, 0.29) is 5.82 Å². The van der Waals surface area contributed by atoms with Crippen molar-refractivity contribution < 1.29 is 9.13 Å². The van der Waals surface area contributed by atoms with E-state index in [1.165, 1.54) is 12.1 Å². The highest BCUT2D eigenvalue weighted by atomic mass is 79.9. The van der Waals surface area contributed by atoms with Gasteiger partial charge in [0.2, 0.25) is 0 Å². The summed E-state index contributed by atoms with van der Waals surface area (Å²) in [5.74, 6) is 0.541. The Morgan fingerprint density at radius 3 is 2.60 bits per heavy atom. The van der Waals surface area contributed by atoms with Gasteiger partial charge in [0.15, 0.2) is 0 Å². The summed E-state index contributed by atoms with van der Waals surface area (Å²) in [6.45, 7) is 0.338. The minimum absolute atomic E-state index is 0.268. The molecule has 100 valence electrons. The van der Waals surface area contributed by atoms with E-state index in [9.17, 15) is 4.39 Å². The van der Waals surface area contributed by atoms with Gasteiger partial charge in [0, 0.05) is 9.86 Å². The number of ether oxygens (including phenoxy) is 1. The Morgan fingerprint density at radius 2 is 1.75 bits per heavy atom. The Labute approximate surface area is 125 Å². The molecule has 0 aliphatic heterocycles. The second kappa shape index (κ2) is 5.63. The van der Waals surface area contributed by atoms with E-state index in [0.717, 1.165) is 22.1 Å². The number of benzene rings is 3. The molecule has 0 aliphatic rings. The molecule has 0 saturated carbocycles. The van der Waals surface area contributed by atoms with Crippen molar-refractivity contribution in [3.63, 3.8) is 0 Å². The van der Waals surface area contributed by atoms with Crippen LogP contribution in [0.2, 0.25) is 0 Å². The molecule has 1 nitrogen and oxygen atoms in total. The van der Waals surface area contributed by atoms with Gasteiger partial charge in [0.1, 0.15) is 18.2 Å². The maximum absolute atomic E-state index is 13.3. The molecule has 0 unspecified atom stereocenters. The zero-order chi connectivity index (χ0) is 13.9. The van der Waals surface area contributed by atoms with Crippen LogP contribution in [0.4, 0.5) is 4.39 Å². The van der Waals surface area contributed by atoms with Gasteiger partial charge < -0.3 is 4.74 Å². The summed E-state index contributed by atoms with van der Waals surface area (Å²) in [4.78, 5) is 0. The predicted octanol–water partition coefficient (Wildman–Crippen LogP) is 5.32. The van der Waals surface area contributed by atoms with Gasteiger partial charge in [-0.15, -0.1) is 0 Å². The maximum Gasteiger partial charge on any atom is 0.127 e. The lowest BCUT2D eigenvalue weighted by Crippen LogP contribution is -1.96. The summed E-state index contributed by atoms with van der Waals surface area (Å²) in [7, 11) is 0. The van der Waals surface area contributed by atoms with Crippen LogP contribution in [0.25, 0.3) is 10.8 Å². The zero-order valence-electron chi connectivity index (χ0n) is 10.6. The molecule has 0 amide bonds. The molecule has 0 spiro atoms. The highest BCUT2D eigenvalue weighted by Gasteiger charge is 2.03. The molecule has 3 heteroatoms. The largest absolute Gasteiger partial charge is 0.488 e. The summed E-state index contributed by atoms with van der Waals surface area (Å²) in [5.41, 5.74) is 0.796. The lowest BCUT2D eigenvalue weighted by molar-refractivity contribution is 0.309. The van der Waals surface area contributed by atoms with Gasteiger partial charge in [-0.05, 0) is 35.2 Å². The van der Waals surface area contributed by atoms with E-state index in [4.69, 9.17) is 4.74 Å². The molecule has 0 atom stereocenters. The number of fused-ring (bicyclic) bond motifs is 1. The molecule has 3 aromatic rings. The molecule has 0 aliphatic carbocycles. The quantitative estimate of drug-likeness (QED) is 0.631. The van der Waals surface area contributed by atoms with E-state index < -0.39 is 0 Å². The number of halogens is 2. The minimum atomic E-state index is -0.268. The zero-order valence-corrected chi connectivity index (χ0v) is 12.2. The third-order valence-corrected chi connectivity index (χ3v) is 3.52. The third-order valence-electron chi connectivity index (χ3n) is 3.07. The average molecular weight is 331 g/mol. The first kappa shape index (κ1) is 13.1. The molecular formula is C17H12BrFO. The van der Waals surface area contributed by atoms with Gasteiger partial charge >= 0.3 is 0 Å². The van der Waals surface area contributed by atoms with Gasteiger partial charge in [-0.1, -0.05) is 52.3 Å². The minimum Gasteiger partial charge on any atom is -0.488 e. The Balaban J connectivity index is 1.87. The van der Waals surface area contributed by atoms with Crippen LogP contribution >= 0.6 is 15.9 Å². The van der Waals surface area contributed by atoms with Crippen molar-refractivity contribution in [3.8, 4) is 5.75 Å². The summed E-state index contributed by atoms with van der Waals surface area (Å²) >= 11 is 3.28. The summed E-state index contributed by atoms with van der Waals surface area (Å²) in [6.07, 6.45) is 0. The van der Waals surface area contributed by atoms with Crippen LogP contribution in [0, 0.1) is 5.82 Å². The highest BCUT2D eigenvalue weighted by Crippen LogP contribution is 2.26. The van der Waals surface area contributed by atoms with E-state index >= 15 is 0 Å². The SMILES string of the molecule is Fc1cc(Br)cc(COc2cccc3ccccc23)c1. The van der Waals surface area contributed by atoms with E-state index in [1.807, 2.05) is 48.5 Å². The first-order chi connectivity index (χ1) is 9.72. The smallest absolute Gasteiger partial charge is 0.127 e. The Morgan fingerprint density at radius 1 is 0.950 bits per heavy atom. The van der Waals surface area contributed by atoms with Crippen LogP contribution in [0.15, 0.2) is 65.1 Å². The Hall–Kier alpha value is -1.87. The van der Waals surface area contributed by atoms with Gasteiger partial charge in [0.25, 0.3) is 0 Å². The van der Waals surface area contributed by atoms with Crippen LogP contribution in [-0.4, -0.2) is 0 Å². The molecule has 0 heterocycles. The lowest BCUT2D eigenvalue weighted by Gasteiger charge is -2.09. The molecular weight excluding hydrogens is 319 g/mol. The highest BCUT2D eigenvalue weighted by molar-refractivity contribution is 9.10. The fourth-order valence-electron chi connectivity index (χ4n) is 2.18. The van der Waals surface area contributed by atoms with Crippen molar-refractivity contribution in [2.45, 2.75) is 6.61 Å². The van der Waals surface area contributed by atoms with Crippen molar-refractivity contribution >= 4 is 26.7 Å². The second-order valence-corrected chi connectivity index (χ2v) is 5.46. The topological polar surface area (TPSA) is 9.23 Å². The van der Waals surface area contributed by atoms with E-state index in [1.54, 1.807) is 0 Å². The maximum atomic E-state index is 13.3. The second-order valence-electron chi connectivity index (χ2n) is 4.54. The number of hydrogen-bond acceptors (Lipinski definition) is 1. The van der Waals surface area contributed by atoms with Gasteiger partial charge in [-0.2, -0.15) is 0 Å². The normalized spacial score (nSPS) is 10.7. The van der Waals surface area contributed by atoms with Crippen molar-refractivity contribution in [3.05, 3.63) is 76.5 Å². The summed E-state index contributed by atoms with van der Waals surface area (Å²) < 4.78 is 19.9. The Kier molecular flexibility index (Phi) is 3.70. The van der Waals surface area contributed by atoms with Crippen molar-refractivity contribution in [1.29, 1.82) is 0 Å². The summed E-state index contributed by atoms with van der Waals surface area (Å²) in [6, 6.07) is 18.7. The van der Waals surface area contributed by atoms with Gasteiger partial charge in [-0.3, -0.25) is 0 Å². The standard InChI is InChI=1S/C17H12BrFO/c18-14-8-12(9-15(19)10-14)11-20-17-7-3-5-13-4-1-2-6-16(13)17/h1-10H,11H2. The van der Waals surface area contributed by atoms with E-state index in [2.05, 4.69) is 15.9 Å². The fraction of sp³-hybridized carbons (Fsp3) is 0.0588. The van der Waals surface area contributed by atoms with Crippen LogP contribution in [0.3, 0.4) is 0 Å². The van der Waals surface area contributed by atoms with Crippen molar-refractivity contribution in [2.75, 3.05) is 0 Å². The van der Waals surface area contributed by atoms with E-state index in [0.29, 0.717) is 11.1 Å².